The lowest BCUT2D eigenvalue weighted by atomic mass is 10.0. The molecule has 4 nitrogen and oxygen atoms in total. The zero-order chi connectivity index (χ0) is 29.2. The average Bonchev–Trinajstić information content (AvgIpc) is 2.91. The van der Waals surface area contributed by atoms with Crippen LogP contribution in [0.2, 0.25) is 0 Å². The summed E-state index contributed by atoms with van der Waals surface area (Å²) < 4.78 is 146. The van der Waals surface area contributed by atoms with E-state index < -0.39 is 89.3 Å². The Morgan fingerprint density at radius 1 is 0.850 bits per heavy atom. The highest BCUT2D eigenvalue weighted by molar-refractivity contribution is 5.69. The zero-order valence-corrected chi connectivity index (χ0v) is 20.4. The molecule has 1 aliphatic rings. The summed E-state index contributed by atoms with van der Waals surface area (Å²) in [5.74, 6) is -8.82. The summed E-state index contributed by atoms with van der Waals surface area (Å²) in [4.78, 5) is 0. The van der Waals surface area contributed by atoms with Crippen molar-refractivity contribution in [2.75, 3.05) is 19.8 Å². The molecule has 13 heteroatoms. The second-order valence-corrected chi connectivity index (χ2v) is 8.47. The Kier molecular flexibility index (Phi) is 8.76. The molecular weight excluding hydrogens is 559 g/mol. The van der Waals surface area contributed by atoms with Crippen LogP contribution in [0.15, 0.2) is 54.5 Å². The average molecular weight is 578 g/mol. The summed E-state index contributed by atoms with van der Waals surface area (Å²) in [7, 11) is 0. The highest BCUT2D eigenvalue weighted by Crippen LogP contribution is 2.36. The van der Waals surface area contributed by atoms with Gasteiger partial charge in [0.25, 0.3) is 0 Å². The fourth-order valence-electron chi connectivity index (χ4n) is 3.84. The number of hydrogen-bond donors (Lipinski definition) is 0. The molecule has 40 heavy (non-hydrogen) atoms. The summed E-state index contributed by atoms with van der Waals surface area (Å²) in [6.45, 7) is 0.208. The molecular formula is C27H19F9O4. The molecule has 0 bridgehead atoms. The molecule has 0 amide bonds. The number of ether oxygens (including phenoxy) is 4. The third-order valence-corrected chi connectivity index (χ3v) is 5.71. The molecule has 0 N–H and O–H groups in total. The number of hydrogen-bond acceptors (Lipinski definition) is 4. The zero-order valence-electron chi connectivity index (χ0n) is 20.4. The van der Waals surface area contributed by atoms with E-state index in [1.165, 1.54) is 6.92 Å². The minimum absolute atomic E-state index is 0.179. The molecule has 1 aliphatic heterocycles. The van der Waals surface area contributed by atoms with E-state index in [1.54, 1.807) is 0 Å². The second-order valence-electron chi connectivity index (χ2n) is 8.47. The quantitative estimate of drug-likeness (QED) is 0.155. The minimum Gasteiger partial charge on any atom is -0.469 e. The molecule has 0 saturated carbocycles. The van der Waals surface area contributed by atoms with Gasteiger partial charge in [-0.25, -0.2) is 22.0 Å². The molecule has 0 aliphatic carbocycles. The van der Waals surface area contributed by atoms with Gasteiger partial charge < -0.3 is 18.9 Å². The third-order valence-electron chi connectivity index (χ3n) is 5.71. The van der Waals surface area contributed by atoms with Crippen LogP contribution in [0.4, 0.5) is 39.5 Å². The number of alkyl halides is 2. The Hall–Kier alpha value is -3.55. The highest BCUT2D eigenvalue weighted by Gasteiger charge is 2.38. The van der Waals surface area contributed by atoms with E-state index in [0.29, 0.717) is 24.3 Å². The standard InChI is InChI=1S/C27H19F9O4/c1-2-37-25(34)23(32)14-7-18(28)22(19(29)8-14)13-3-5-16(6-4-13)27(35,36)40-17-11-38-26(39-12-17)15-9-20(30)24(33)21(31)10-15/h3-10,17,26H,2,11-12H2,1H3/b25-23-. The van der Waals surface area contributed by atoms with E-state index in [1.807, 2.05) is 0 Å². The Morgan fingerprint density at radius 2 is 1.40 bits per heavy atom. The lowest BCUT2D eigenvalue weighted by molar-refractivity contribution is -0.320. The maximum absolute atomic E-state index is 14.8. The highest BCUT2D eigenvalue weighted by atomic mass is 19.3. The van der Waals surface area contributed by atoms with Crippen LogP contribution in [0.25, 0.3) is 17.0 Å². The third kappa shape index (κ3) is 6.26. The predicted octanol–water partition coefficient (Wildman–Crippen LogP) is 7.83. The van der Waals surface area contributed by atoms with E-state index in [9.17, 15) is 39.5 Å². The maximum atomic E-state index is 14.8. The van der Waals surface area contributed by atoms with Gasteiger partial charge in [0.05, 0.1) is 30.9 Å². The first-order valence-corrected chi connectivity index (χ1v) is 11.6. The van der Waals surface area contributed by atoms with Crippen LogP contribution in [-0.4, -0.2) is 25.9 Å². The van der Waals surface area contributed by atoms with Crippen molar-refractivity contribution in [2.24, 2.45) is 0 Å². The fraction of sp³-hybridized carbons (Fsp3) is 0.259. The van der Waals surface area contributed by atoms with E-state index in [4.69, 9.17) is 14.2 Å². The lowest BCUT2D eigenvalue weighted by Gasteiger charge is -2.32. The normalized spacial score (nSPS) is 18.4. The number of benzene rings is 3. The molecule has 214 valence electrons. The van der Waals surface area contributed by atoms with Crippen molar-refractivity contribution < 1.29 is 58.5 Å². The summed E-state index contributed by atoms with van der Waals surface area (Å²) in [6, 6.07) is 4.33. The van der Waals surface area contributed by atoms with E-state index >= 15 is 0 Å². The van der Waals surface area contributed by atoms with Gasteiger partial charge in [-0.3, -0.25) is 0 Å². The van der Waals surface area contributed by atoms with E-state index in [-0.39, 0.29) is 17.7 Å². The van der Waals surface area contributed by atoms with Crippen LogP contribution in [-0.2, 0) is 25.1 Å². The smallest absolute Gasteiger partial charge is 0.383 e. The Labute approximate surface area is 221 Å². The maximum Gasteiger partial charge on any atom is 0.383 e. The van der Waals surface area contributed by atoms with Crippen molar-refractivity contribution in [3.8, 4) is 11.1 Å². The van der Waals surface area contributed by atoms with Gasteiger partial charge in [-0.2, -0.15) is 17.6 Å². The Morgan fingerprint density at radius 3 is 1.93 bits per heavy atom. The number of rotatable bonds is 8. The molecule has 1 saturated heterocycles. The van der Waals surface area contributed by atoms with Crippen molar-refractivity contribution in [1.82, 2.24) is 0 Å². The van der Waals surface area contributed by atoms with Gasteiger partial charge in [0, 0.05) is 11.1 Å². The molecule has 1 heterocycles. The van der Waals surface area contributed by atoms with Crippen molar-refractivity contribution in [3.05, 3.63) is 100 Å². The van der Waals surface area contributed by atoms with Gasteiger partial charge in [0.2, 0.25) is 5.83 Å². The van der Waals surface area contributed by atoms with Crippen molar-refractivity contribution in [1.29, 1.82) is 0 Å². The molecule has 0 atom stereocenters. The topological polar surface area (TPSA) is 36.9 Å². The van der Waals surface area contributed by atoms with Crippen LogP contribution < -0.4 is 0 Å². The van der Waals surface area contributed by atoms with Gasteiger partial charge >= 0.3 is 12.1 Å². The van der Waals surface area contributed by atoms with Crippen LogP contribution >= 0.6 is 0 Å². The van der Waals surface area contributed by atoms with Crippen LogP contribution in [0, 0.1) is 29.1 Å². The van der Waals surface area contributed by atoms with Crippen LogP contribution in [0.3, 0.4) is 0 Å². The number of halogens is 9. The van der Waals surface area contributed by atoms with Crippen molar-refractivity contribution in [3.63, 3.8) is 0 Å². The molecule has 3 aromatic carbocycles. The summed E-state index contributed by atoms with van der Waals surface area (Å²) in [5, 5.41) is 0. The van der Waals surface area contributed by atoms with E-state index in [2.05, 4.69) is 4.74 Å². The van der Waals surface area contributed by atoms with E-state index in [0.717, 1.165) is 24.3 Å². The largest absolute Gasteiger partial charge is 0.469 e. The Balaban J connectivity index is 1.44. The van der Waals surface area contributed by atoms with Crippen molar-refractivity contribution >= 4 is 5.83 Å². The first-order valence-electron chi connectivity index (χ1n) is 11.6. The SMILES string of the molecule is CCO/C(F)=C(\F)c1cc(F)c(-c2ccc(C(F)(F)OC3COC(c4cc(F)c(F)c(F)c4)OC3)cc2)c(F)c1. The minimum atomic E-state index is -3.93. The Bertz CT molecular complexity index is 1360. The van der Waals surface area contributed by atoms with Gasteiger partial charge in [0.15, 0.2) is 23.7 Å². The summed E-state index contributed by atoms with van der Waals surface area (Å²) in [5.41, 5.74) is -2.51. The van der Waals surface area contributed by atoms with Gasteiger partial charge in [0.1, 0.15) is 17.7 Å². The monoisotopic (exact) mass is 578 g/mol. The first kappa shape index (κ1) is 29.4. The van der Waals surface area contributed by atoms with Crippen molar-refractivity contribution in [2.45, 2.75) is 25.4 Å². The molecule has 4 rings (SSSR count). The van der Waals surface area contributed by atoms with Gasteiger partial charge in [-0.15, -0.1) is 0 Å². The molecule has 0 unspecified atom stereocenters. The molecule has 1 fully saturated rings. The van der Waals surface area contributed by atoms with Gasteiger partial charge in [-0.05, 0) is 48.9 Å². The second kappa shape index (κ2) is 11.9. The molecule has 0 spiro atoms. The molecule has 3 aromatic rings. The summed E-state index contributed by atoms with van der Waals surface area (Å²) in [6.07, 6.45) is -6.61. The van der Waals surface area contributed by atoms with Gasteiger partial charge in [-0.1, -0.05) is 12.1 Å². The predicted molar refractivity (Wildman–Crippen MR) is 122 cm³/mol. The molecule has 0 aromatic heterocycles. The fourth-order valence-corrected chi connectivity index (χ4v) is 3.84. The lowest BCUT2D eigenvalue weighted by Crippen LogP contribution is -2.38. The van der Waals surface area contributed by atoms with Crippen LogP contribution in [0.1, 0.15) is 29.9 Å². The summed E-state index contributed by atoms with van der Waals surface area (Å²) >= 11 is 0. The molecule has 0 radical (unpaired) electrons. The van der Waals surface area contributed by atoms with Crippen LogP contribution in [0.5, 0.6) is 0 Å². The first-order chi connectivity index (χ1) is 18.9.